The summed E-state index contributed by atoms with van der Waals surface area (Å²) >= 11 is 0. The maximum Gasteiger partial charge on any atom is 0.225 e. The molecule has 2 rings (SSSR count). The highest BCUT2D eigenvalue weighted by molar-refractivity contribution is 5.29. The van der Waals surface area contributed by atoms with Gasteiger partial charge in [0.1, 0.15) is 0 Å². The van der Waals surface area contributed by atoms with Crippen molar-refractivity contribution in [3.05, 3.63) is 30.6 Å². The Hall–Kier alpha value is -1.46. The van der Waals surface area contributed by atoms with Crippen LogP contribution in [0.5, 0.6) is 0 Å². The van der Waals surface area contributed by atoms with Crippen molar-refractivity contribution in [2.75, 3.05) is 51.2 Å². The minimum Gasteiger partial charge on any atom is -0.338 e. The summed E-state index contributed by atoms with van der Waals surface area (Å²) in [5.41, 5.74) is 1.24. The molecule has 0 spiro atoms. The number of hydrogen-bond donors (Lipinski definition) is 1. The number of aromatic nitrogens is 2. The number of anilines is 1. The molecular formula is C13H21N5. The zero-order valence-corrected chi connectivity index (χ0v) is 11.0. The summed E-state index contributed by atoms with van der Waals surface area (Å²) in [6.07, 6.45) is 3.59. The summed E-state index contributed by atoms with van der Waals surface area (Å²) in [5, 5.41) is 3.14. The van der Waals surface area contributed by atoms with Gasteiger partial charge in [0.15, 0.2) is 0 Å². The van der Waals surface area contributed by atoms with Gasteiger partial charge >= 0.3 is 0 Å². The predicted octanol–water partition coefficient (Wildman–Crippen LogP) is 0.374. The SMILES string of the molecule is C=C(CNC)CN1CCN(c2ncccn2)CC1. The van der Waals surface area contributed by atoms with Gasteiger partial charge in [0, 0.05) is 51.7 Å². The molecule has 0 amide bonds. The molecule has 0 aromatic carbocycles. The van der Waals surface area contributed by atoms with E-state index < -0.39 is 0 Å². The Morgan fingerprint density at radius 2 is 1.94 bits per heavy atom. The van der Waals surface area contributed by atoms with Crippen LogP contribution < -0.4 is 10.2 Å². The molecule has 98 valence electrons. The van der Waals surface area contributed by atoms with Crippen molar-refractivity contribution in [1.82, 2.24) is 20.2 Å². The second-order valence-electron chi connectivity index (χ2n) is 4.59. The van der Waals surface area contributed by atoms with Gasteiger partial charge in [0.25, 0.3) is 0 Å². The van der Waals surface area contributed by atoms with Gasteiger partial charge in [0.05, 0.1) is 0 Å². The number of likely N-dealkylation sites (N-methyl/N-ethyl adjacent to an activating group) is 1. The molecule has 1 saturated heterocycles. The van der Waals surface area contributed by atoms with Crippen molar-refractivity contribution < 1.29 is 0 Å². The third-order valence-corrected chi connectivity index (χ3v) is 3.08. The molecule has 1 aromatic rings. The van der Waals surface area contributed by atoms with Gasteiger partial charge < -0.3 is 10.2 Å². The van der Waals surface area contributed by atoms with Crippen molar-refractivity contribution in [2.24, 2.45) is 0 Å². The van der Waals surface area contributed by atoms with Crippen LogP contribution in [-0.2, 0) is 0 Å². The second-order valence-corrected chi connectivity index (χ2v) is 4.59. The average molecular weight is 247 g/mol. The minimum absolute atomic E-state index is 0.839. The number of hydrogen-bond acceptors (Lipinski definition) is 5. The zero-order chi connectivity index (χ0) is 12.8. The molecule has 0 aliphatic carbocycles. The van der Waals surface area contributed by atoms with Crippen LogP contribution in [0.1, 0.15) is 0 Å². The monoisotopic (exact) mass is 247 g/mol. The van der Waals surface area contributed by atoms with E-state index in [1.54, 1.807) is 12.4 Å². The van der Waals surface area contributed by atoms with E-state index in [-0.39, 0.29) is 0 Å². The van der Waals surface area contributed by atoms with Crippen molar-refractivity contribution in [3.63, 3.8) is 0 Å². The highest BCUT2D eigenvalue weighted by Gasteiger charge is 2.18. The summed E-state index contributed by atoms with van der Waals surface area (Å²) in [6.45, 7) is 9.99. The Bertz CT molecular complexity index is 370. The molecule has 1 fully saturated rings. The Labute approximate surface area is 109 Å². The zero-order valence-electron chi connectivity index (χ0n) is 11.0. The third kappa shape index (κ3) is 3.51. The first-order chi connectivity index (χ1) is 8.79. The van der Waals surface area contributed by atoms with E-state index in [9.17, 15) is 0 Å². The normalized spacial score (nSPS) is 16.8. The molecule has 2 heterocycles. The van der Waals surface area contributed by atoms with E-state index in [2.05, 4.69) is 31.7 Å². The van der Waals surface area contributed by atoms with Crippen LogP contribution >= 0.6 is 0 Å². The van der Waals surface area contributed by atoms with Crippen LogP contribution in [-0.4, -0.2) is 61.2 Å². The topological polar surface area (TPSA) is 44.3 Å². The van der Waals surface area contributed by atoms with Gasteiger partial charge in [-0.3, -0.25) is 4.90 Å². The molecule has 1 N–H and O–H groups in total. The van der Waals surface area contributed by atoms with E-state index in [1.807, 2.05) is 13.1 Å². The van der Waals surface area contributed by atoms with Gasteiger partial charge in [-0.15, -0.1) is 0 Å². The van der Waals surface area contributed by atoms with Crippen molar-refractivity contribution in [3.8, 4) is 0 Å². The fourth-order valence-electron chi connectivity index (χ4n) is 2.18. The molecule has 0 atom stereocenters. The lowest BCUT2D eigenvalue weighted by molar-refractivity contribution is 0.275. The van der Waals surface area contributed by atoms with Crippen molar-refractivity contribution in [1.29, 1.82) is 0 Å². The summed E-state index contributed by atoms with van der Waals surface area (Å²) in [5.74, 6) is 0.839. The first-order valence-corrected chi connectivity index (χ1v) is 6.35. The molecule has 18 heavy (non-hydrogen) atoms. The lowest BCUT2D eigenvalue weighted by Crippen LogP contribution is -2.47. The number of piperazine rings is 1. The van der Waals surface area contributed by atoms with E-state index in [0.29, 0.717) is 0 Å². The average Bonchev–Trinajstić information content (AvgIpc) is 2.41. The van der Waals surface area contributed by atoms with Crippen LogP contribution in [0.2, 0.25) is 0 Å². The lowest BCUT2D eigenvalue weighted by Gasteiger charge is -2.34. The van der Waals surface area contributed by atoms with E-state index in [1.165, 1.54) is 5.57 Å². The smallest absolute Gasteiger partial charge is 0.225 e. The van der Waals surface area contributed by atoms with Gasteiger partial charge in [-0.1, -0.05) is 6.58 Å². The lowest BCUT2D eigenvalue weighted by atomic mass is 10.2. The summed E-state index contributed by atoms with van der Waals surface area (Å²) in [7, 11) is 1.95. The van der Waals surface area contributed by atoms with Gasteiger partial charge in [0.2, 0.25) is 5.95 Å². The number of nitrogens with zero attached hydrogens (tertiary/aromatic N) is 4. The first kappa shape index (κ1) is 13.0. The molecule has 1 aromatic heterocycles. The molecular weight excluding hydrogens is 226 g/mol. The van der Waals surface area contributed by atoms with E-state index in [4.69, 9.17) is 0 Å². The largest absolute Gasteiger partial charge is 0.338 e. The molecule has 0 unspecified atom stereocenters. The van der Waals surface area contributed by atoms with Crippen LogP contribution in [0.3, 0.4) is 0 Å². The third-order valence-electron chi connectivity index (χ3n) is 3.08. The van der Waals surface area contributed by atoms with Crippen LogP contribution in [0.15, 0.2) is 30.6 Å². The van der Waals surface area contributed by atoms with E-state index in [0.717, 1.165) is 45.2 Å². The van der Waals surface area contributed by atoms with E-state index >= 15 is 0 Å². The molecule has 0 bridgehead atoms. The molecule has 5 heteroatoms. The number of rotatable bonds is 5. The molecule has 5 nitrogen and oxygen atoms in total. The number of nitrogens with one attached hydrogen (secondary N) is 1. The Morgan fingerprint density at radius 3 is 2.56 bits per heavy atom. The summed E-state index contributed by atoms with van der Waals surface area (Å²) in [6, 6.07) is 1.85. The maximum absolute atomic E-state index is 4.29. The Balaban J connectivity index is 1.80. The fraction of sp³-hybridized carbons (Fsp3) is 0.538. The summed E-state index contributed by atoms with van der Waals surface area (Å²) < 4.78 is 0. The quantitative estimate of drug-likeness (QED) is 0.762. The van der Waals surface area contributed by atoms with Crippen LogP contribution in [0, 0.1) is 0 Å². The molecule has 0 saturated carbocycles. The van der Waals surface area contributed by atoms with Gasteiger partial charge in [-0.2, -0.15) is 0 Å². The van der Waals surface area contributed by atoms with Crippen LogP contribution in [0.25, 0.3) is 0 Å². The highest BCUT2D eigenvalue weighted by Crippen LogP contribution is 2.10. The standard InChI is InChI=1S/C13H21N5/c1-12(10-14-2)11-17-6-8-18(9-7-17)13-15-4-3-5-16-13/h3-5,14H,1,6-11H2,2H3. The molecule has 1 aliphatic heterocycles. The van der Waals surface area contributed by atoms with Crippen molar-refractivity contribution in [2.45, 2.75) is 0 Å². The fourth-order valence-corrected chi connectivity index (χ4v) is 2.18. The minimum atomic E-state index is 0.839. The first-order valence-electron chi connectivity index (χ1n) is 6.35. The Morgan fingerprint density at radius 1 is 1.28 bits per heavy atom. The molecule has 1 aliphatic rings. The second kappa shape index (κ2) is 6.47. The van der Waals surface area contributed by atoms with Crippen LogP contribution in [0.4, 0.5) is 5.95 Å². The summed E-state index contributed by atoms with van der Waals surface area (Å²) in [4.78, 5) is 13.2. The molecule has 0 radical (unpaired) electrons. The van der Waals surface area contributed by atoms with Gasteiger partial charge in [-0.25, -0.2) is 9.97 Å². The maximum atomic E-state index is 4.29. The predicted molar refractivity (Wildman–Crippen MR) is 73.8 cm³/mol. The highest BCUT2D eigenvalue weighted by atomic mass is 15.3. The van der Waals surface area contributed by atoms with Gasteiger partial charge in [-0.05, 0) is 18.7 Å². The van der Waals surface area contributed by atoms with Crippen molar-refractivity contribution >= 4 is 5.95 Å². The Kier molecular flexibility index (Phi) is 4.66.